The fourth-order valence-corrected chi connectivity index (χ4v) is 3.43. The maximum atomic E-state index is 13.0. The Morgan fingerprint density at radius 2 is 2.07 bits per heavy atom. The van der Waals surface area contributed by atoms with Crippen molar-refractivity contribution in [2.45, 2.75) is 27.3 Å². The number of hydrogen-bond donors (Lipinski definition) is 2. The van der Waals surface area contributed by atoms with Gasteiger partial charge in [-0.2, -0.15) is 5.10 Å². The Balaban J connectivity index is 1.63. The van der Waals surface area contributed by atoms with Gasteiger partial charge in [-0.05, 0) is 44.0 Å². The number of amides is 1. The van der Waals surface area contributed by atoms with Gasteiger partial charge < -0.3 is 15.4 Å². The van der Waals surface area contributed by atoms with Gasteiger partial charge in [0.05, 0.1) is 28.8 Å². The summed E-state index contributed by atoms with van der Waals surface area (Å²) in [5, 5.41) is 10.8. The zero-order chi connectivity index (χ0) is 19.7. The predicted octanol–water partition coefficient (Wildman–Crippen LogP) is 3.53. The van der Waals surface area contributed by atoms with Crippen LogP contribution in [0.1, 0.15) is 32.7 Å². The molecule has 6 nitrogen and oxygen atoms in total. The molecule has 0 saturated carbocycles. The van der Waals surface area contributed by atoms with Gasteiger partial charge in [-0.1, -0.05) is 24.3 Å². The molecule has 0 saturated heterocycles. The van der Waals surface area contributed by atoms with E-state index in [2.05, 4.69) is 47.8 Å². The molecule has 0 radical (unpaired) electrons. The van der Waals surface area contributed by atoms with Crippen LogP contribution in [-0.2, 0) is 6.54 Å². The van der Waals surface area contributed by atoms with E-state index in [1.54, 1.807) is 12.3 Å². The summed E-state index contributed by atoms with van der Waals surface area (Å²) >= 11 is 0. The smallest absolute Gasteiger partial charge is 0.259 e. The lowest BCUT2D eigenvalue weighted by molar-refractivity contribution is 0.102. The van der Waals surface area contributed by atoms with Crippen LogP contribution in [0.3, 0.4) is 0 Å². The molecule has 4 rings (SSSR count). The molecule has 0 fully saturated rings. The minimum atomic E-state index is -0.192. The number of nitrogens with zero attached hydrogens (tertiary/aromatic N) is 2. The second-order valence-corrected chi connectivity index (χ2v) is 7.12. The second kappa shape index (κ2) is 7.48. The molecule has 0 bridgehead atoms. The van der Waals surface area contributed by atoms with Crippen LogP contribution in [0.5, 0.6) is 5.75 Å². The van der Waals surface area contributed by atoms with Crippen LogP contribution in [0, 0.1) is 20.8 Å². The van der Waals surface area contributed by atoms with Crippen LogP contribution in [0.25, 0.3) is 5.69 Å². The van der Waals surface area contributed by atoms with Crippen LogP contribution in [0.15, 0.2) is 42.6 Å². The van der Waals surface area contributed by atoms with Crippen LogP contribution in [0.4, 0.5) is 5.69 Å². The van der Waals surface area contributed by atoms with Gasteiger partial charge in [0, 0.05) is 18.7 Å². The fraction of sp³-hybridized carbons (Fsp3) is 0.273. The van der Waals surface area contributed by atoms with Crippen molar-refractivity contribution in [2.75, 3.05) is 18.5 Å². The summed E-state index contributed by atoms with van der Waals surface area (Å²) in [5.41, 5.74) is 6.42. The molecular weight excluding hydrogens is 352 g/mol. The summed E-state index contributed by atoms with van der Waals surface area (Å²) in [4.78, 5) is 13.0. The summed E-state index contributed by atoms with van der Waals surface area (Å²) < 4.78 is 7.69. The number of carbonyl (C=O) groups excluding carboxylic acids is 1. The highest BCUT2D eigenvalue weighted by Crippen LogP contribution is 2.27. The first-order valence-corrected chi connectivity index (χ1v) is 9.43. The Labute approximate surface area is 164 Å². The highest BCUT2D eigenvalue weighted by molar-refractivity contribution is 6.06. The topological polar surface area (TPSA) is 68.2 Å². The zero-order valence-electron chi connectivity index (χ0n) is 16.4. The highest BCUT2D eigenvalue weighted by atomic mass is 16.5. The molecule has 1 aromatic heterocycles. The van der Waals surface area contributed by atoms with Crippen molar-refractivity contribution in [3.63, 3.8) is 0 Å². The van der Waals surface area contributed by atoms with Gasteiger partial charge in [0.1, 0.15) is 12.4 Å². The summed E-state index contributed by atoms with van der Waals surface area (Å²) in [5.74, 6) is 0.465. The van der Waals surface area contributed by atoms with Crippen molar-refractivity contribution in [1.29, 1.82) is 0 Å². The molecule has 2 heterocycles. The lowest BCUT2D eigenvalue weighted by Crippen LogP contribution is -2.16. The Morgan fingerprint density at radius 3 is 2.93 bits per heavy atom. The summed E-state index contributed by atoms with van der Waals surface area (Å²) in [6, 6.07) is 11.9. The minimum absolute atomic E-state index is 0.192. The summed E-state index contributed by atoms with van der Waals surface area (Å²) in [7, 11) is 0. The quantitative estimate of drug-likeness (QED) is 0.734. The number of rotatable bonds is 3. The minimum Gasteiger partial charge on any atom is -0.491 e. The molecule has 1 aliphatic rings. The van der Waals surface area contributed by atoms with Gasteiger partial charge in [0.25, 0.3) is 5.91 Å². The van der Waals surface area contributed by atoms with Gasteiger partial charge in [0.15, 0.2) is 0 Å². The van der Waals surface area contributed by atoms with Crippen molar-refractivity contribution >= 4 is 11.6 Å². The van der Waals surface area contributed by atoms with E-state index in [4.69, 9.17) is 4.74 Å². The molecular formula is C22H24N4O2. The normalized spacial score (nSPS) is 13.4. The molecule has 6 heteroatoms. The third-order valence-electron chi connectivity index (χ3n) is 5.03. The molecule has 1 amide bonds. The predicted molar refractivity (Wildman–Crippen MR) is 109 cm³/mol. The van der Waals surface area contributed by atoms with Crippen molar-refractivity contribution in [2.24, 2.45) is 0 Å². The van der Waals surface area contributed by atoms with Crippen LogP contribution in [-0.4, -0.2) is 28.8 Å². The van der Waals surface area contributed by atoms with Gasteiger partial charge in [-0.25, -0.2) is 4.68 Å². The third kappa shape index (κ3) is 3.39. The Bertz CT molecular complexity index is 1040. The number of nitrogens with one attached hydrogen (secondary N) is 2. The fourth-order valence-electron chi connectivity index (χ4n) is 3.43. The van der Waals surface area contributed by atoms with Crippen molar-refractivity contribution in [1.82, 2.24) is 15.1 Å². The van der Waals surface area contributed by atoms with E-state index in [-0.39, 0.29) is 5.91 Å². The SMILES string of the molecule is Cc1ccc(C)c(-n2ncc(NC(=O)c3cccc4c3OCCNC4)c2C)c1. The molecule has 28 heavy (non-hydrogen) atoms. The number of aromatic nitrogens is 2. The maximum Gasteiger partial charge on any atom is 0.259 e. The van der Waals surface area contributed by atoms with Crippen LogP contribution < -0.4 is 15.4 Å². The van der Waals surface area contributed by atoms with E-state index in [1.807, 2.05) is 23.7 Å². The maximum absolute atomic E-state index is 13.0. The van der Waals surface area contributed by atoms with Gasteiger partial charge in [-0.3, -0.25) is 4.79 Å². The molecule has 144 valence electrons. The van der Waals surface area contributed by atoms with Gasteiger partial charge >= 0.3 is 0 Å². The van der Waals surface area contributed by atoms with Crippen molar-refractivity contribution < 1.29 is 9.53 Å². The Morgan fingerprint density at radius 1 is 1.21 bits per heavy atom. The van der Waals surface area contributed by atoms with E-state index in [0.717, 1.165) is 29.1 Å². The first kappa shape index (κ1) is 18.3. The number of aryl methyl sites for hydroxylation is 2. The number of fused-ring (bicyclic) bond motifs is 1. The number of para-hydroxylation sites is 1. The van der Waals surface area contributed by atoms with Gasteiger partial charge in [0.2, 0.25) is 0 Å². The summed E-state index contributed by atoms with van der Waals surface area (Å²) in [6.45, 7) is 8.06. The molecule has 1 aliphatic heterocycles. The van der Waals surface area contributed by atoms with E-state index >= 15 is 0 Å². The number of hydrogen-bond acceptors (Lipinski definition) is 4. The number of benzene rings is 2. The Kier molecular flexibility index (Phi) is 4.88. The molecule has 2 aromatic carbocycles. The molecule has 0 spiro atoms. The van der Waals surface area contributed by atoms with E-state index in [0.29, 0.717) is 30.2 Å². The largest absolute Gasteiger partial charge is 0.491 e. The van der Waals surface area contributed by atoms with Crippen LogP contribution in [0.2, 0.25) is 0 Å². The van der Waals surface area contributed by atoms with Crippen molar-refractivity contribution in [3.05, 3.63) is 70.5 Å². The van der Waals surface area contributed by atoms with E-state index < -0.39 is 0 Å². The second-order valence-electron chi connectivity index (χ2n) is 7.12. The van der Waals surface area contributed by atoms with E-state index in [1.165, 1.54) is 5.56 Å². The molecule has 0 unspecified atom stereocenters. The number of ether oxygens (including phenoxy) is 1. The third-order valence-corrected chi connectivity index (χ3v) is 5.03. The van der Waals surface area contributed by atoms with E-state index in [9.17, 15) is 4.79 Å². The molecule has 2 N–H and O–H groups in total. The molecule has 3 aromatic rings. The number of carbonyl (C=O) groups is 1. The molecule has 0 aliphatic carbocycles. The monoisotopic (exact) mass is 376 g/mol. The molecule has 0 atom stereocenters. The zero-order valence-corrected chi connectivity index (χ0v) is 16.4. The van der Waals surface area contributed by atoms with Gasteiger partial charge in [-0.15, -0.1) is 0 Å². The summed E-state index contributed by atoms with van der Waals surface area (Å²) in [6.07, 6.45) is 1.69. The lowest BCUT2D eigenvalue weighted by atomic mass is 10.1. The van der Waals surface area contributed by atoms with Crippen LogP contribution >= 0.6 is 0 Å². The Hall–Kier alpha value is -3.12. The average molecular weight is 376 g/mol. The first-order valence-electron chi connectivity index (χ1n) is 9.43. The average Bonchev–Trinajstić information content (AvgIpc) is 2.90. The van der Waals surface area contributed by atoms with Crippen molar-refractivity contribution in [3.8, 4) is 11.4 Å². The number of anilines is 1. The standard InChI is InChI=1S/C22H24N4O2/c1-14-7-8-15(2)20(11-14)26-16(3)19(13-24-26)25-22(27)18-6-4-5-17-12-23-9-10-28-21(17)18/h4-8,11,13,23H,9-10,12H2,1-3H3,(H,25,27). The highest BCUT2D eigenvalue weighted by Gasteiger charge is 2.20. The lowest BCUT2D eigenvalue weighted by Gasteiger charge is -2.13. The first-order chi connectivity index (χ1) is 13.5.